The first kappa shape index (κ1) is 14.2. The van der Waals surface area contributed by atoms with Crippen LogP contribution in [-0.2, 0) is 0 Å². The normalized spacial score (nSPS) is 26.2. The molecule has 3 rings (SSSR count). The molecule has 2 saturated heterocycles. The van der Waals surface area contributed by atoms with Crippen LogP contribution >= 0.6 is 11.6 Å². The lowest BCUT2D eigenvalue weighted by Gasteiger charge is -2.31. The van der Waals surface area contributed by atoms with E-state index in [0.717, 1.165) is 18.7 Å². The van der Waals surface area contributed by atoms with Crippen molar-refractivity contribution in [3.8, 4) is 5.75 Å². The zero-order chi connectivity index (χ0) is 14.1. The molecule has 4 heteroatoms. The van der Waals surface area contributed by atoms with E-state index in [1.54, 1.807) is 12.1 Å². The molecule has 2 aliphatic heterocycles. The number of phenols is 1. The van der Waals surface area contributed by atoms with Crippen molar-refractivity contribution < 1.29 is 5.11 Å². The molecule has 0 spiro atoms. The lowest BCUT2D eigenvalue weighted by molar-refractivity contribution is 0.180. The number of phenolic OH excluding ortho intramolecular Hbond substituents is 1. The number of aromatic hydroxyl groups is 1. The van der Waals surface area contributed by atoms with Gasteiger partial charge in [-0.25, -0.2) is 0 Å². The van der Waals surface area contributed by atoms with Crippen molar-refractivity contribution in [1.82, 2.24) is 9.80 Å². The van der Waals surface area contributed by atoms with Crippen LogP contribution in [0.2, 0.25) is 5.02 Å². The van der Waals surface area contributed by atoms with Crippen molar-refractivity contribution in [2.75, 3.05) is 26.2 Å². The summed E-state index contributed by atoms with van der Waals surface area (Å²) in [5, 5.41) is 10.8. The Labute approximate surface area is 126 Å². The molecule has 2 fully saturated rings. The average Bonchev–Trinajstić information content (AvgIpc) is 2.78. The number of halogens is 1. The Balaban J connectivity index is 1.78. The van der Waals surface area contributed by atoms with Crippen LogP contribution in [0.4, 0.5) is 0 Å². The lowest BCUT2D eigenvalue weighted by atomic mass is 10.0. The van der Waals surface area contributed by atoms with Gasteiger partial charge in [-0.05, 0) is 57.5 Å². The van der Waals surface area contributed by atoms with E-state index in [9.17, 15) is 5.11 Å². The van der Waals surface area contributed by atoms with Gasteiger partial charge in [0.15, 0.2) is 0 Å². The molecule has 0 aromatic heterocycles. The third-order valence-electron chi connectivity index (χ3n) is 4.82. The highest BCUT2D eigenvalue weighted by atomic mass is 35.5. The van der Waals surface area contributed by atoms with Crippen LogP contribution in [0.3, 0.4) is 0 Å². The number of nitrogens with zero attached hydrogens (tertiary/aromatic N) is 2. The number of fused-ring (bicyclic) bond motifs is 1. The maximum Gasteiger partial charge on any atom is 0.120 e. The zero-order valence-electron chi connectivity index (χ0n) is 12.1. The molecule has 0 aliphatic carbocycles. The fourth-order valence-electron chi connectivity index (χ4n) is 3.64. The summed E-state index contributed by atoms with van der Waals surface area (Å²) in [6.07, 6.45) is 3.85. The van der Waals surface area contributed by atoms with Gasteiger partial charge in [-0.1, -0.05) is 11.6 Å². The minimum Gasteiger partial charge on any atom is -0.508 e. The summed E-state index contributed by atoms with van der Waals surface area (Å²) in [5.41, 5.74) is 0.948. The predicted octanol–water partition coefficient (Wildman–Crippen LogP) is 3.28. The van der Waals surface area contributed by atoms with Crippen LogP contribution in [0.5, 0.6) is 5.75 Å². The van der Waals surface area contributed by atoms with Crippen LogP contribution in [0.25, 0.3) is 0 Å². The monoisotopic (exact) mass is 294 g/mol. The molecule has 0 saturated carbocycles. The minimum absolute atomic E-state index is 0.217. The highest BCUT2D eigenvalue weighted by molar-refractivity contribution is 6.30. The van der Waals surface area contributed by atoms with E-state index in [2.05, 4.69) is 16.7 Å². The predicted molar refractivity (Wildman–Crippen MR) is 82.3 cm³/mol. The molecular formula is C16H23ClN2O. The Morgan fingerprint density at radius 3 is 2.90 bits per heavy atom. The number of hydrogen-bond acceptors (Lipinski definition) is 3. The Morgan fingerprint density at radius 1 is 1.25 bits per heavy atom. The summed E-state index contributed by atoms with van der Waals surface area (Å²) >= 11 is 6.08. The maximum absolute atomic E-state index is 10.1. The molecule has 3 nitrogen and oxygen atoms in total. The van der Waals surface area contributed by atoms with Crippen molar-refractivity contribution in [3.05, 3.63) is 28.8 Å². The highest BCUT2D eigenvalue weighted by Gasteiger charge is 2.31. The topological polar surface area (TPSA) is 26.7 Å². The Bertz CT molecular complexity index is 480. The fraction of sp³-hybridized carbons (Fsp3) is 0.625. The van der Waals surface area contributed by atoms with Crippen molar-refractivity contribution >= 4 is 11.6 Å². The highest BCUT2D eigenvalue weighted by Crippen LogP contribution is 2.33. The summed E-state index contributed by atoms with van der Waals surface area (Å²) in [6, 6.07) is 6.26. The van der Waals surface area contributed by atoms with Crippen LogP contribution < -0.4 is 0 Å². The average molecular weight is 295 g/mol. The Hall–Kier alpha value is -0.770. The van der Waals surface area contributed by atoms with Gasteiger partial charge in [0.25, 0.3) is 0 Å². The van der Waals surface area contributed by atoms with Gasteiger partial charge in [-0.15, -0.1) is 0 Å². The molecule has 2 atom stereocenters. The molecule has 0 bridgehead atoms. The van der Waals surface area contributed by atoms with E-state index in [1.165, 1.54) is 32.4 Å². The van der Waals surface area contributed by atoms with Crippen LogP contribution in [0.1, 0.15) is 37.8 Å². The molecule has 2 aliphatic rings. The van der Waals surface area contributed by atoms with Crippen molar-refractivity contribution in [2.45, 2.75) is 38.3 Å². The maximum atomic E-state index is 10.1. The van der Waals surface area contributed by atoms with E-state index in [-0.39, 0.29) is 6.04 Å². The fourth-order valence-corrected chi connectivity index (χ4v) is 3.82. The van der Waals surface area contributed by atoms with Gasteiger partial charge in [0.05, 0.1) is 0 Å². The molecule has 110 valence electrons. The van der Waals surface area contributed by atoms with E-state index in [1.807, 2.05) is 6.07 Å². The standard InChI is InChI=1S/C16H23ClN2O/c1-12(15-10-13(17)5-6-16(15)20)19-9-3-8-18-7-2-4-14(18)11-19/h5-6,10,12,14,20H,2-4,7-9,11H2,1H3. The molecule has 1 aromatic rings. The van der Waals surface area contributed by atoms with E-state index < -0.39 is 0 Å². The lowest BCUT2D eigenvalue weighted by Crippen LogP contribution is -2.37. The van der Waals surface area contributed by atoms with Gasteiger partial charge in [0, 0.05) is 35.8 Å². The van der Waals surface area contributed by atoms with Crippen LogP contribution in [0, 0.1) is 0 Å². The smallest absolute Gasteiger partial charge is 0.120 e. The summed E-state index contributed by atoms with van der Waals surface area (Å²) in [5.74, 6) is 0.356. The van der Waals surface area contributed by atoms with Gasteiger partial charge >= 0.3 is 0 Å². The number of hydrogen-bond donors (Lipinski definition) is 1. The van der Waals surface area contributed by atoms with Gasteiger partial charge in [0.2, 0.25) is 0 Å². The largest absolute Gasteiger partial charge is 0.508 e. The van der Waals surface area contributed by atoms with Crippen molar-refractivity contribution in [3.63, 3.8) is 0 Å². The van der Waals surface area contributed by atoms with E-state index in [4.69, 9.17) is 11.6 Å². The first-order valence-corrected chi connectivity index (χ1v) is 7.99. The first-order chi connectivity index (χ1) is 9.65. The van der Waals surface area contributed by atoms with Crippen molar-refractivity contribution in [2.24, 2.45) is 0 Å². The van der Waals surface area contributed by atoms with Crippen LogP contribution in [-0.4, -0.2) is 47.1 Å². The second-order valence-corrected chi connectivity index (χ2v) is 6.50. The molecular weight excluding hydrogens is 272 g/mol. The van der Waals surface area contributed by atoms with E-state index >= 15 is 0 Å². The van der Waals surface area contributed by atoms with Gasteiger partial charge < -0.3 is 5.11 Å². The van der Waals surface area contributed by atoms with Gasteiger partial charge in [-0.3, -0.25) is 9.80 Å². The van der Waals surface area contributed by atoms with Crippen molar-refractivity contribution in [1.29, 1.82) is 0 Å². The van der Waals surface area contributed by atoms with Gasteiger partial charge in [0.1, 0.15) is 5.75 Å². The Morgan fingerprint density at radius 2 is 2.05 bits per heavy atom. The second kappa shape index (κ2) is 5.92. The second-order valence-electron chi connectivity index (χ2n) is 6.06. The molecule has 20 heavy (non-hydrogen) atoms. The number of benzene rings is 1. The molecule has 1 N–H and O–H groups in total. The summed E-state index contributed by atoms with van der Waals surface area (Å²) in [4.78, 5) is 5.13. The SMILES string of the molecule is CC(c1cc(Cl)ccc1O)N1CCCN2CCCC2C1. The van der Waals surface area contributed by atoms with Gasteiger partial charge in [-0.2, -0.15) is 0 Å². The van der Waals surface area contributed by atoms with E-state index in [0.29, 0.717) is 16.8 Å². The molecule has 2 heterocycles. The zero-order valence-corrected chi connectivity index (χ0v) is 12.8. The molecule has 0 radical (unpaired) electrons. The minimum atomic E-state index is 0.217. The number of rotatable bonds is 2. The third-order valence-corrected chi connectivity index (χ3v) is 5.06. The molecule has 0 amide bonds. The summed E-state index contributed by atoms with van der Waals surface area (Å²) < 4.78 is 0. The molecule has 2 unspecified atom stereocenters. The third kappa shape index (κ3) is 2.80. The Kier molecular flexibility index (Phi) is 4.20. The van der Waals surface area contributed by atoms with Crippen LogP contribution in [0.15, 0.2) is 18.2 Å². The quantitative estimate of drug-likeness (QED) is 0.907. The summed E-state index contributed by atoms with van der Waals surface area (Å²) in [6.45, 7) is 6.86. The molecule has 1 aromatic carbocycles. The first-order valence-electron chi connectivity index (χ1n) is 7.61. The summed E-state index contributed by atoms with van der Waals surface area (Å²) in [7, 11) is 0.